The van der Waals surface area contributed by atoms with Crippen molar-refractivity contribution in [3.63, 3.8) is 0 Å². The first-order valence-electron chi connectivity index (χ1n) is 7.12. The van der Waals surface area contributed by atoms with Crippen LogP contribution >= 0.6 is 0 Å². The number of rotatable bonds is 8. The molecule has 0 bridgehead atoms. The van der Waals surface area contributed by atoms with E-state index in [-0.39, 0.29) is 12.0 Å². The number of esters is 1. The molecule has 0 N–H and O–H groups in total. The van der Waals surface area contributed by atoms with E-state index in [1.54, 1.807) is 0 Å². The molecule has 1 aromatic carbocycles. The lowest BCUT2D eigenvalue weighted by Crippen LogP contribution is -2.40. The van der Waals surface area contributed by atoms with E-state index < -0.39 is 0 Å². The zero-order chi connectivity index (χ0) is 15.0. The van der Waals surface area contributed by atoms with Gasteiger partial charge in [-0.2, -0.15) is 0 Å². The van der Waals surface area contributed by atoms with E-state index in [2.05, 4.69) is 37.5 Å². The largest absolute Gasteiger partial charge is 0.468 e. The summed E-state index contributed by atoms with van der Waals surface area (Å²) in [6, 6.07) is 10.7. The van der Waals surface area contributed by atoms with E-state index >= 15 is 0 Å². The standard InChI is InChI=1S/C17H25NO2/c1-5-10-16(6-2)18(13-17(19)20-4)14(3)15-11-8-7-9-12-15/h5,7-9,11-12,14,16H,1,6,10,13H2,2-4H3/t14-,16+/m1/s1. The third kappa shape index (κ3) is 4.49. The Balaban J connectivity index is 2.96. The Morgan fingerprint density at radius 3 is 2.55 bits per heavy atom. The van der Waals surface area contributed by atoms with Gasteiger partial charge >= 0.3 is 5.97 Å². The summed E-state index contributed by atoms with van der Waals surface area (Å²) in [7, 11) is 1.43. The van der Waals surface area contributed by atoms with Crippen LogP contribution in [0.1, 0.15) is 38.3 Å². The van der Waals surface area contributed by atoms with E-state index in [0.29, 0.717) is 12.6 Å². The van der Waals surface area contributed by atoms with E-state index in [1.165, 1.54) is 12.7 Å². The molecule has 110 valence electrons. The summed E-state index contributed by atoms with van der Waals surface area (Å²) >= 11 is 0. The molecule has 0 radical (unpaired) electrons. The molecule has 0 spiro atoms. The molecule has 0 amide bonds. The van der Waals surface area contributed by atoms with Crippen molar-refractivity contribution in [2.45, 2.75) is 38.8 Å². The Kier molecular flexibility index (Phi) is 7.02. The molecule has 3 nitrogen and oxygen atoms in total. The summed E-state index contributed by atoms with van der Waals surface area (Å²) in [6.07, 6.45) is 3.75. The lowest BCUT2D eigenvalue weighted by molar-refractivity contribution is -0.143. The van der Waals surface area contributed by atoms with Gasteiger partial charge in [0.1, 0.15) is 0 Å². The van der Waals surface area contributed by atoms with Gasteiger partial charge in [0.2, 0.25) is 0 Å². The Morgan fingerprint density at radius 1 is 1.40 bits per heavy atom. The minimum atomic E-state index is -0.199. The molecule has 1 aromatic rings. The first kappa shape index (κ1) is 16.4. The van der Waals surface area contributed by atoms with Crippen LogP contribution in [0.5, 0.6) is 0 Å². The highest BCUT2D eigenvalue weighted by Crippen LogP contribution is 2.25. The van der Waals surface area contributed by atoms with Crippen LogP contribution in [0, 0.1) is 0 Å². The molecular weight excluding hydrogens is 250 g/mol. The van der Waals surface area contributed by atoms with Gasteiger partial charge in [-0.05, 0) is 25.3 Å². The smallest absolute Gasteiger partial charge is 0.319 e. The van der Waals surface area contributed by atoms with Crippen LogP contribution in [0.3, 0.4) is 0 Å². The summed E-state index contributed by atoms with van der Waals surface area (Å²) < 4.78 is 4.83. The van der Waals surface area contributed by atoms with Crippen molar-refractivity contribution >= 4 is 5.97 Å². The molecule has 0 aliphatic heterocycles. The normalized spacial score (nSPS) is 13.8. The monoisotopic (exact) mass is 275 g/mol. The minimum absolute atomic E-state index is 0.167. The molecule has 2 atom stereocenters. The number of hydrogen-bond acceptors (Lipinski definition) is 3. The molecule has 1 rings (SSSR count). The average molecular weight is 275 g/mol. The number of methoxy groups -OCH3 is 1. The minimum Gasteiger partial charge on any atom is -0.468 e. The maximum Gasteiger partial charge on any atom is 0.319 e. The fraction of sp³-hybridized carbons (Fsp3) is 0.471. The zero-order valence-electron chi connectivity index (χ0n) is 12.7. The number of benzene rings is 1. The predicted octanol–water partition coefficient (Wildman–Crippen LogP) is 3.58. The second-order valence-corrected chi connectivity index (χ2v) is 4.92. The summed E-state index contributed by atoms with van der Waals surface area (Å²) in [4.78, 5) is 13.9. The molecular formula is C17H25NO2. The van der Waals surface area contributed by atoms with Gasteiger partial charge in [-0.1, -0.05) is 43.3 Å². The molecule has 0 fully saturated rings. The third-order valence-electron chi connectivity index (χ3n) is 3.70. The molecule has 0 saturated carbocycles. The molecule has 0 aliphatic carbocycles. The number of nitrogens with zero attached hydrogens (tertiary/aromatic N) is 1. The first-order valence-corrected chi connectivity index (χ1v) is 7.12. The number of carbonyl (C=O) groups is 1. The average Bonchev–Trinajstić information content (AvgIpc) is 2.50. The van der Waals surface area contributed by atoms with Gasteiger partial charge in [0.25, 0.3) is 0 Å². The maximum absolute atomic E-state index is 11.7. The lowest BCUT2D eigenvalue weighted by Gasteiger charge is -2.35. The van der Waals surface area contributed by atoms with Crippen molar-refractivity contribution in [2.75, 3.05) is 13.7 Å². The van der Waals surface area contributed by atoms with E-state index in [0.717, 1.165) is 12.8 Å². The van der Waals surface area contributed by atoms with Crippen molar-refractivity contribution in [1.29, 1.82) is 0 Å². The number of hydrogen-bond donors (Lipinski definition) is 0. The maximum atomic E-state index is 11.7. The highest BCUT2D eigenvalue weighted by Gasteiger charge is 2.25. The molecule has 20 heavy (non-hydrogen) atoms. The van der Waals surface area contributed by atoms with Gasteiger partial charge in [-0.15, -0.1) is 6.58 Å². The van der Waals surface area contributed by atoms with Crippen LogP contribution in [0.15, 0.2) is 43.0 Å². The van der Waals surface area contributed by atoms with Crippen molar-refractivity contribution < 1.29 is 9.53 Å². The summed E-state index contributed by atoms with van der Waals surface area (Å²) in [5.41, 5.74) is 1.21. The molecule has 0 unspecified atom stereocenters. The Morgan fingerprint density at radius 2 is 2.05 bits per heavy atom. The summed E-state index contributed by atoms with van der Waals surface area (Å²) in [5.74, 6) is -0.199. The van der Waals surface area contributed by atoms with Gasteiger partial charge in [-0.3, -0.25) is 9.69 Å². The highest BCUT2D eigenvalue weighted by molar-refractivity contribution is 5.71. The van der Waals surface area contributed by atoms with Crippen LogP contribution in [0.4, 0.5) is 0 Å². The Labute approximate surface area is 122 Å². The zero-order valence-corrected chi connectivity index (χ0v) is 12.7. The fourth-order valence-corrected chi connectivity index (χ4v) is 2.45. The first-order chi connectivity index (χ1) is 9.63. The SMILES string of the molecule is C=CC[C@H](CC)N(CC(=O)OC)[C@H](C)c1ccccc1. The second-order valence-electron chi connectivity index (χ2n) is 4.92. The summed E-state index contributed by atoms with van der Waals surface area (Å²) in [5, 5.41) is 0. The lowest BCUT2D eigenvalue weighted by atomic mass is 10.0. The van der Waals surface area contributed by atoms with Crippen molar-refractivity contribution in [3.8, 4) is 0 Å². The van der Waals surface area contributed by atoms with Crippen LogP contribution < -0.4 is 0 Å². The number of carbonyl (C=O) groups excluding carboxylic acids is 1. The van der Waals surface area contributed by atoms with Gasteiger partial charge in [0.15, 0.2) is 0 Å². The third-order valence-corrected chi connectivity index (χ3v) is 3.70. The number of ether oxygens (including phenoxy) is 1. The van der Waals surface area contributed by atoms with Crippen LogP contribution in [0.25, 0.3) is 0 Å². The van der Waals surface area contributed by atoms with Crippen LogP contribution in [0.2, 0.25) is 0 Å². The van der Waals surface area contributed by atoms with Crippen molar-refractivity contribution in [3.05, 3.63) is 48.6 Å². The quantitative estimate of drug-likeness (QED) is 0.536. The van der Waals surface area contributed by atoms with E-state index in [9.17, 15) is 4.79 Å². The molecule has 0 aliphatic rings. The van der Waals surface area contributed by atoms with Crippen LogP contribution in [-0.2, 0) is 9.53 Å². The molecule has 0 heterocycles. The molecule has 0 saturated heterocycles. The van der Waals surface area contributed by atoms with Gasteiger partial charge in [0, 0.05) is 12.1 Å². The molecule has 0 aromatic heterocycles. The fourth-order valence-electron chi connectivity index (χ4n) is 2.45. The van der Waals surface area contributed by atoms with Gasteiger partial charge in [0.05, 0.1) is 13.7 Å². The Hall–Kier alpha value is -1.61. The second kappa shape index (κ2) is 8.54. The summed E-state index contributed by atoms with van der Waals surface area (Å²) in [6.45, 7) is 8.39. The van der Waals surface area contributed by atoms with E-state index in [4.69, 9.17) is 4.74 Å². The molecule has 3 heteroatoms. The van der Waals surface area contributed by atoms with Crippen molar-refractivity contribution in [2.24, 2.45) is 0 Å². The van der Waals surface area contributed by atoms with E-state index in [1.807, 2.05) is 24.3 Å². The highest BCUT2D eigenvalue weighted by atomic mass is 16.5. The topological polar surface area (TPSA) is 29.5 Å². The van der Waals surface area contributed by atoms with Gasteiger partial charge in [-0.25, -0.2) is 0 Å². The predicted molar refractivity (Wildman–Crippen MR) is 82.5 cm³/mol. The van der Waals surface area contributed by atoms with Crippen LogP contribution in [-0.4, -0.2) is 30.6 Å². The Bertz CT molecular complexity index is 416. The van der Waals surface area contributed by atoms with Gasteiger partial charge < -0.3 is 4.74 Å². The van der Waals surface area contributed by atoms with Crippen molar-refractivity contribution in [1.82, 2.24) is 4.90 Å².